The maximum Gasteiger partial charge on any atom is 0.287 e. The second kappa shape index (κ2) is 8.58. The summed E-state index contributed by atoms with van der Waals surface area (Å²) in [7, 11) is -2.43. The fraction of sp³-hybridized carbons (Fsp3) is 0.421. The molecule has 0 radical (unpaired) electrons. The molecular weight excluding hydrogens is 368 g/mol. The highest BCUT2D eigenvalue weighted by Gasteiger charge is 2.19. The molecule has 7 nitrogen and oxygen atoms in total. The van der Waals surface area contributed by atoms with Gasteiger partial charge in [-0.3, -0.25) is 4.79 Å². The number of ether oxygens (including phenoxy) is 1. The minimum absolute atomic E-state index is 0.0546. The molecule has 1 aromatic carbocycles. The number of carbonyl (C=O) groups is 1. The molecule has 0 saturated heterocycles. The third kappa shape index (κ3) is 5.11. The lowest BCUT2D eigenvalue weighted by Crippen LogP contribution is -2.22. The molecule has 1 heterocycles. The average molecular weight is 392 g/mol. The van der Waals surface area contributed by atoms with Crippen molar-refractivity contribution < 1.29 is 22.4 Å². The Labute approximate surface area is 159 Å². The third-order valence-corrected chi connectivity index (χ3v) is 5.86. The van der Waals surface area contributed by atoms with E-state index in [1.165, 1.54) is 38.4 Å². The van der Waals surface area contributed by atoms with Crippen LogP contribution in [0.1, 0.15) is 48.2 Å². The van der Waals surface area contributed by atoms with E-state index in [9.17, 15) is 13.2 Å². The number of hydrogen-bond donors (Lipinski definition) is 2. The Morgan fingerprint density at radius 1 is 1.11 bits per heavy atom. The molecule has 1 aliphatic rings. The standard InChI is InChI=1S/C19H24N2O5S/c1-20-27(23,24)18-12-11-17(26-18)19(22)21-13-14-7-9-16(10-8-14)25-15-5-3-2-4-6-15/h7-12,15,20H,2-6,13H2,1H3,(H,21,22). The van der Waals surface area contributed by atoms with Crippen molar-refractivity contribution in [3.63, 3.8) is 0 Å². The number of carbonyl (C=O) groups excluding carboxylic acids is 1. The summed E-state index contributed by atoms with van der Waals surface area (Å²) in [6, 6.07) is 10.2. The van der Waals surface area contributed by atoms with Crippen molar-refractivity contribution in [1.29, 1.82) is 0 Å². The van der Waals surface area contributed by atoms with E-state index in [0.717, 1.165) is 24.2 Å². The second-order valence-electron chi connectivity index (χ2n) is 6.53. The predicted octanol–water partition coefficient (Wildman–Crippen LogP) is 2.83. The topological polar surface area (TPSA) is 97.6 Å². The number of rotatable bonds is 7. The molecule has 1 amide bonds. The Hall–Kier alpha value is -2.32. The zero-order valence-electron chi connectivity index (χ0n) is 15.2. The molecule has 0 unspecified atom stereocenters. The largest absolute Gasteiger partial charge is 0.490 e. The predicted molar refractivity (Wildman–Crippen MR) is 100 cm³/mol. The Bertz CT molecular complexity index is 868. The van der Waals surface area contributed by atoms with Gasteiger partial charge >= 0.3 is 0 Å². The van der Waals surface area contributed by atoms with Crippen LogP contribution in [-0.4, -0.2) is 27.5 Å². The fourth-order valence-corrected chi connectivity index (χ4v) is 3.67. The summed E-state index contributed by atoms with van der Waals surface area (Å²) in [6.07, 6.45) is 6.23. The number of furan rings is 1. The van der Waals surface area contributed by atoms with E-state index in [-0.39, 0.29) is 10.9 Å². The minimum Gasteiger partial charge on any atom is -0.490 e. The normalized spacial score (nSPS) is 15.4. The highest BCUT2D eigenvalue weighted by Crippen LogP contribution is 2.23. The van der Waals surface area contributed by atoms with Gasteiger partial charge in [-0.1, -0.05) is 18.6 Å². The first-order valence-electron chi connectivity index (χ1n) is 9.05. The monoisotopic (exact) mass is 392 g/mol. The summed E-state index contributed by atoms with van der Waals surface area (Å²) in [5.74, 6) is 0.307. The summed E-state index contributed by atoms with van der Waals surface area (Å²) >= 11 is 0. The zero-order valence-corrected chi connectivity index (χ0v) is 16.1. The van der Waals surface area contributed by atoms with Crippen molar-refractivity contribution in [1.82, 2.24) is 10.0 Å². The molecule has 0 aliphatic heterocycles. The van der Waals surface area contributed by atoms with E-state index >= 15 is 0 Å². The van der Waals surface area contributed by atoms with Gasteiger partial charge in [-0.25, -0.2) is 13.1 Å². The number of hydrogen-bond acceptors (Lipinski definition) is 5. The lowest BCUT2D eigenvalue weighted by molar-refractivity contribution is 0.0918. The highest BCUT2D eigenvalue weighted by atomic mass is 32.2. The molecule has 2 aromatic rings. The molecular formula is C19H24N2O5S. The molecule has 3 rings (SSSR count). The van der Waals surface area contributed by atoms with Gasteiger partial charge in [0.1, 0.15) is 5.75 Å². The Morgan fingerprint density at radius 2 is 1.81 bits per heavy atom. The molecule has 1 saturated carbocycles. The van der Waals surface area contributed by atoms with Crippen LogP contribution in [0.15, 0.2) is 45.9 Å². The lowest BCUT2D eigenvalue weighted by Gasteiger charge is -2.23. The summed E-state index contributed by atoms with van der Waals surface area (Å²) < 4.78 is 36.5. The van der Waals surface area contributed by atoms with Crippen molar-refractivity contribution in [2.75, 3.05) is 7.05 Å². The molecule has 146 valence electrons. The van der Waals surface area contributed by atoms with E-state index < -0.39 is 15.9 Å². The van der Waals surface area contributed by atoms with Crippen LogP contribution in [0, 0.1) is 0 Å². The third-order valence-electron chi connectivity index (χ3n) is 4.57. The highest BCUT2D eigenvalue weighted by molar-refractivity contribution is 7.89. The van der Waals surface area contributed by atoms with Gasteiger partial charge in [-0.05, 0) is 62.6 Å². The molecule has 1 fully saturated rings. The number of sulfonamides is 1. The van der Waals surface area contributed by atoms with E-state index in [1.807, 2.05) is 24.3 Å². The van der Waals surface area contributed by atoms with Gasteiger partial charge in [0.15, 0.2) is 5.76 Å². The van der Waals surface area contributed by atoms with Crippen LogP contribution in [-0.2, 0) is 16.6 Å². The van der Waals surface area contributed by atoms with Gasteiger partial charge in [0.05, 0.1) is 6.10 Å². The van der Waals surface area contributed by atoms with Crippen LogP contribution < -0.4 is 14.8 Å². The molecule has 0 bridgehead atoms. The van der Waals surface area contributed by atoms with Gasteiger partial charge in [-0.15, -0.1) is 0 Å². The van der Waals surface area contributed by atoms with Gasteiger partial charge in [-0.2, -0.15) is 0 Å². The summed E-state index contributed by atoms with van der Waals surface area (Å²) in [6.45, 7) is 0.303. The first kappa shape index (κ1) is 19.4. The fourth-order valence-electron chi connectivity index (χ4n) is 3.02. The second-order valence-corrected chi connectivity index (χ2v) is 8.35. The smallest absolute Gasteiger partial charge is 0.287 e. The van der Waals surface area contributed by atoms with E-state index in [1.54, 1.807) is 0 Å². The van der Waals surface area contributed by atoms with Crippen LogP contribution in [0.3, 0.4) is 0 Å². The molecule has 1 aliphatic carbocycles. The van der Waals surface area contributed by atoms with Gasteiger partial charge in [0, 0.05) is 6.54 Å². The molecule has 2 N–H and O–H groups in total. The SMILES string of the molecule is CNS(=O)(=O)c1ccc(C(=O)NCc2ccc(OC3CCCCC3)cc2)o1. The molecule has 8 heteroatoms. The number of benzene rings is 1. The van der Waals surface area contributed by atoms with E-state index in [0.29, 0.717) is 12.6 Å². The summed E-state index contributed by atoms with van der Waals surface area (Å²) in [4.78, 5) is 12.1. The van der Waals surface area contributed by atoms with Crippen molar-refractivity contribution in [2.45, 2.75) is 49.8 Å². The van der Waals surface area contributed by atoms with Crippen LogP contribution in [0.2, 0.25) is 0 Å². The summed E-state index contributed by atoms with van der Waals surface area (Å²) in [5, 5.41) is 2.42. The van der Waals surface area contributed by atoms with Crippen molar-refractivity contribution in [2.24, 2.45) is 0 Å². The molecule has 1 aromatic heterocycles. The molecule has 0 spiro atoms. The van der Waals surface area contributed by atoms with Crippen molar-refractivity contribution >= 4 is 15.9 Å². The van der Waals surface area contributed by atoms with Crippen LogP contribution >= 0.6 is 0 Å². The maximum atomic E-state index is 12.1. The average Bonchev–Trinajstić information content (AvgIpc) is 3.19. The molecule has 0 atom stereocenters. The van der Waals surface area contributed by atoms with Crippen LogP contribution in [0.5, 0.6) is 5.75 Å². The maximum absolute atomic E-state index is 12.1. The lowest BCUT2D eigenvalue weighted by atomic mass is 9.98. The van der Waals surface area contributed by atoms with Crippen molar-refractivity contribution in [3.05, 3.63) is 47.7 Å². The van der Waals surface area contributed by atoms with Crippen molar-refractivity contribution in [3.8, 4) is 5.75 Å². The Balaban J connectivity index is 1.53. The Morgan fingerprint density at radius 3 is 2.48 bits per heavy atom. The summed E-state index contributed by atoms with van der Waals surface area (Å²) in [5.41, 5.74) is 0.911. The van der Waals surface area contributed by atoms with Gasteiger partial charge in [0.2, 0.25) is 5.09 Å². The molecule has 27 heavy (non-hydrogen) atoms. The quantitative estimate of drug-likeness (QED) is 0.755. The number of amides is 1. The van der Waals surface area contributed by atoms with Gasteiger partial charge in [0.25, 0.3) is 15.9 Å². The van der Waals surface area contributed by atoms with Gasteiger partial charge < -0.3 is 14.5 Å². The van der Waals surface area contributed by atoms with Crippen LogP contribution in [0.4, 0.5) is 0 Å². The Kier molecular flexibility index (Phi) is 6.18. The minimum atomic E-state index is -3.71. The van der Waals surface area contributed by atoms with E-state index in [4.69, 9.17) is 9.15 Å². The van der Waals surface area contributed by atoms with Crippen LogP contribution in [0.25, 0.3) is 0 Å². The van der Waals surface area contributed by atoms with E-state index in [2.05, 4.69) is 10.0 Å². The first-order chi connectivity index (χ1) is 13.0. The number of nitrogens with one attached hydrogen (secondary N) is 2. The zero-order chi connectivity index (χ0) is 19.3. The first-order valence-corrected chi connectivity index (χ1v) is 10.5.